The molecule has 244 valence electrons. The summed E-state index contributed by atoms with van der Waals surface area (Å²) in [7, 11) is -14.3. The van der Waals surface area contributed by atoms with Crippen LogP contribution in [0.1, 0.15) is 49.9 Å². The maximum absolute atomic E-state index is 14.1. The predicted molar refractivity (Wildman–Crippen MR) is 157 cm³/mol. The summed E-state index contributed by atoms with van der Waals surface area (Å²) in [5, 5.41) is 4.99. The molecule has 1 saturated carbocycles. The summed E-state index contributed by atoms with van der Waals surface area (Å²) in [5.41, 5.74) is 2.03. The number of rotatable bonds is 7. The molecule has 0 unspecified atom stereocenters. The standard InChI is InChI=1S/C26H30F3N7O6S3/c1-16-4-6-20(7-5-16)43(37,38)34-11-8-22-24(34)32-15-19-14-31-23(36(19)22)21-13-18(12-17(21)2)33-45(41,42)35-10-3-9-25(35,26(27,28)29)44(30,39)40/h4-8,11,14-15,17-18,21,33H,3,9-10,12-13H2,1-2H3,(H2,30,39,40)/t17-,18+,21+,25-/m1/s1. The molecule has 0 spiro atoms. The van der Waals surface area contributed by atoms with Gasteiger partial charge in [-0.1, -0.05) is 24.6 Å². The van der Waals surface area contributed by atoms with Gasteiger partial charge in [0.05, 0.1) is 28.3 Å². The molecule has 1 aliphatic carbocycles. The number of primary sulfonamides is 1. The Morgan fingerprint density at radius 2 is 1.67 bits per heavy atom. The van der Waals surface area contributed by atoms with Gasteiger partial charge in [-0.25, -0.2) is 35.9 Å². The normalized spacial score (nSPS) is 25.5. The third-order valence-electron chi connectivity index (χ3n) is 8.77. The number of benzene rings is 1. The number of fused-ring (bicyclic) bond motifs is 3. The third kappa shape index (κ3) is 4.94. The maximum Gasteiger partial charge on any atom is 0.423 e. The fraction of sp³-hybridized carbons (Fsp3) is 0.462. The highest BCUT2D eigenvalue weighted by Crippen LogP contribution is 2.48. The van der Waals surface area contributed by atoms with E-state index in [1.54, 1.807) is 28.8 Å². The smallest absolute Gasteiger partial charge is 0.291 e. The molecule has 4 aromatic rings. The highest BCUT2D eigenvalue weighted by Gasteiger charge is 2.71. The van der Waals surface area contributed by atoms with Crippen LogP contribution in [0.2, 0.25) is 0 Å². The minimum absolute atomic E-state index is 0.0767. The SMILES string of the molecule is Cc1ccc(S(=O)(=O)n2ccc3c2ncc2cnc([C@H]4C[C@@H](NS(=O)(=O)N5CCC[C@]5(C(F)(F)F)S(N)(=O)=O)C[C@H]4C)n23)cc1. The minimum Gasteiger partial charge on any atom is -0.291 e. The molecule has 1 aliphatic heterocycles. The second-order valence-corrected chi connectivity index (χ2v) is 16.9. The first-order valence-electron chi connectivity index (χ1n) is 13.9. The predicted octanol–water partition coefficient (Wildman–Crippen LogP) is 2.59. The zero-order chi connectivity index (χ0) is 32.7. The number of nitrogens with two attached hydrogens (primary N) is 1. The van der Waals surface area contributed by atoms with Crippen LogP contribution in [0.5, 0.6) is 0 Å². The van der Waals surface area contributed by atoms with Crippen LogP contribution in [0.3, 0.4) is 0 Å². The fourth-order valence-corrected chi connectivity index (χ4v) is 11.3. The number of halogens is 3. The lowest BCUT2D eigenvalue weighted by Crippen LogP contribution is -2.66. The lowest BCUT2D eigenvalue weighted by atomic mass is 9.97. The number of nitrogens with zero attached hydrogens (tertiary/aromatic N) is 5. The Morgan fingerprint density at radius 3 is 2.31 bits per heavy atom. The van der Waals surface area contributed by atoms with Crippen molar-refractivity contribution in [3.05, 3.63) is 60.3 Å². The minimum atomic E-state index is -5.46. The Morgan fingerprint density at radius 1 is 1.00 bits per heavy atom. The molecule has 2 fully saturated rings. The van der Waals surface area contributed by atoms with Gasteiger partial charge in [-0.05, 0) is 56.7 Å². The number of hydrogen-bond donors (Lipinski definition) is 2. The first-order valence-corrected chi connectivity index (χ1v) is 18.4. The van der Waals surface area contributed by atoms with E-state index in [1.165, 1.54) is 24.5 Å². The highest BCUT2D eigenvalue weighted by atomic mass is 32.2. The number of aryl methyl sites for hydroxylation is 1. The van der Waals surface area contributed by atoms with Gasteiger partial charge in [-0.3, -0.25) is 4.40 Å². The molecule has 0 amide bonds. The quantitative estimate of drug-likeness (QED) is 0.297. The van der Waals surface area contributed by atoms with Crippen molar-refractivity contribution < 1.29 is 38.4 Å². The average molecular weight is 690 g/mol. The van der Waals surface area contributed by atoms with Crippen LogP contribution in [0, 0.1) is 12.8 Å². The number of alkyl halides is 3. The van der Waals surface area contributed by atoms with Crippen molar-refractivity contribution in [3.8, 4) is 0 Å². The molecule has 2 aliphatic rings. The Balaban J connectivity index is 1.32. The number of imidazole rings is 1. The van der Waals surface area contributed by atoms with E-state index in [0.717, 1.165) is 9.54 Å². The van der Waals surface area contributed by atoms with Gasteiger partial charge in [0.15, 0.2) is 5.65 Å². The lowest BCUT2D eigenvalue weighted by molar-refractivity contribution is -0.180. The van der Waals surface area contributed by atoms with Crippen molar-refractivity contribution in [2.75, 3.05) is 6.54 Å². The van der Waals surface area contributed by atoms with Crippen molar-refractivity contribution in [1.82, 2.24) is 27.4 Å². The van der Waals surface area contributed by atoms with Gasteiger partial charge in [0.1, 0.15) is 5.82 Å². The third-order valence-corrected chi connectivity index (χ3v) is 13.9. The van der Waals surface area contributed by atoms with Crippen LogP contribution in [0.4, 0.5) is 13.2 Å². The molecule has 19 heteroatoms. The summed E-state index contributed by atoms with van der Waals surface area (Å²) in [4.78, 5) is 5.23. The van der Waals surface area contributed by atoms with Gasteiger partial charge < -0.3 is 0 Å². The molecular weight excluding hydrogens is 660 g/mol. The van der Waals surface area contributed by atoms with E-state index in [2.05, 4.69) is 14.7 Å². The molecule has 3 aromatic heterocycles. The zero-order valence-corrected chi connectivity index (χ0v) is 26.5. The molecule has 0 bridgehead atoms. The Kier molecular flexibility index (Phi) is 7.41. The molecule has 0 radical (unpaired) electrons. The van der Waals surface area contributed by atoms with Gasteiger partial charge in [-0.15, -0.1) is 0 Å². The highest BCUT2D eigenvalue weighted by molar-refractivity contribution is 7.92. The summed E-state index contributed by atoms with van der Waals surface area (Å²) in [6.07, 6.45) is -2.06. The van der Waals surface area contributed by atoms with Crippen LogP contribution >= 0.6 is 0 Å². The molecule has 4 atom stereocenters. The molecule has 1 aromatic carbocycles. The number of hydrogen-bond acceptors (Lipinski definition) is 8. The summed E-state index contributed by atoms with van der Waals surface area (Å²) in [5.74, 6) is -0.117. The van der Waals surface area contributed by atoms with Crippen molar-refractivity contribution in [3.63, 3.8) is 0 Å². The monoisotopic (exact) mass is 689 g/mol. The van der Waals surface area contributed by atoms with E-state index >= 15 is 0 Å². The number of nitrogens with one attached hydrogen (secondary N) is 1. The van der Waals surface area contributed by atoms with E-state index in [0.29, 0.717) is 16.9 Å². The maximum atomic E-state index is 14.1. The van der Waals surface area contributed by atoms with Gasteiger partial charge in [0.2, 0.25) is 14.9 Å². The van der Waals surface area contributed by atoms with Crippen LogP contribution in [-0.4, -0.2) is 71.5 Å². The van der Waals surface area contributed by atoms with Crippen molar-refractivity contribution in [2.24, 2.45) is 11.1 Å². The Bertz CT molecular complexity index is 2130. The van der Waals surface area contributed by atoms with Crippen LogP contribution < -0.4 is 9.86 Å². The number of aromatic nitrogens is 4. The van der Waals surface area contributed by atoms with E-state index < -0.39 is 66.2 Å². The van der Waals surface area contributed by atoms with E-state index in [9.17, 15) is 38.4 Å². The van der Waals surface area contributed by atoms with Crippen molar-refractivity contribution in [1.29, 1.82) is 0 Å². The van der Waals surface area contributed by atoms with Gasteiger partial charge >= 0.3 is 6.18 Å². The number of sulfonamides is 1. The fourth-order valence-electron chi connectivity index (χ4n) is 6.62. The average Bonchev–Trinajstić information content (AvgIpc) is 3.71. The largest absolute Gasteiger partial charge is 0.423 e. The van der Waals surface area contributed by atoms with Gasteiger partial charge in [0.25, 0.3) is 20.2 Å². The van der Waals surface area contributed by atoms with Crippen molar-refractivity contribution in [2.45, 2.75) is 67.4 Å². The summed E-state index contributed by atoms with van der Waals surface area (Å²) < 4.78 is 125. The molecule has 1 saturated heterocycles. The molecule has 13 nitrogen and oxygen atoms in total. The topological polar surface area (TPSA) is 179 Å². The summed E-state index contributed by atoms with van der Waals surface area (Å²) in [6, 6.07) is 7.12. The van der Waals surface area contributed by atoms with Gasteiger partial charge in [0, 0.05) is 24.7 Å². The van der Waals surface area contributed by atoms with E-state index in [1.807, 2.05) is 13.8 Å². The summed E-state index contributed by atoms with van der Waals surface area (Å²) in [6.45, 7) is 3.01. The Labute approximate surface area is 257 Å². The Hall–Kier alpha value is -3.10. The molecular formula is C26H30F3N7O6S3. The van der Waals surface area contributed by atoms with Gasteiger partial charge in [-0.2, -0.15) is 30.6 Å². The molecule has 6 rings (SSSR count). The van der Waals surface area contributed by atoms with Crippen molar-refractivity contribution >= 4 is 46.9 Å². The molecule has 3 N–H and O–H groups in total. The van der Waals surface area contributed by atoms with E-state index in [4.69, 9.17) is 5.14 Å². The van der Waals surface area contributed by atoms with Crippen LogP contribution in [0.15, 0.2) is 53.8 Å². The zero-order valence-electron chi connectivity index (χ0n) is 24.0. The molecule has 45 heavy (non-hydrogen) atoms. The first-order chi connectivity index (χ1) is 20.9. The lowest BCUT2D eigenvalue weighted by Gasteiger charge is -2.37. The second kappa shape index (κ2) is 10.5. The second-order valence-electron chi connectivity index (χ2n) is 11.7. The van der Waals surface area contributed by atoms with Crippen LogP contribution in [-0.2, 0) is 30.3 Å². The van der Waals surface area contributed by atoms with E-state index in [-0.39, 0.29) is 40.0 Å². The summed E-state index contributed by atoms with van der Waals surface area (Å²) >= 11 is 0. The first kappa shape index (κ1) is 31.9. The molecule has 4 heterocycles. The van der Waals surface area contributed by atoms with Crippen LogP contribution in [0.25, 0.3) is 16.7 Å².